The van der Waals surface area contributed by atoms with E-state index in [2.05, 4.69) is 15.5 Å². The lowest BCUT2D eigenvalue weighted by Crippen LogP contribution is -2.29. The van der Waals surface area contributed by atoms with Gasteiger partial charge in [-0.05, 0) is 55.2 Å². The van der Waals surface area contributed by atoms with Crippen molar-refractivity contribution in [2.24, 2.45) is 0 Å². The van der Waals surface area contributed by atoms with E-state index in [0.29, 0.717) is 135 Å². The Labute approximate surface area is 324 Å². The van der Waals surface area contributed by atoms with Crippen molar-refractivity contribution in [2.45, 2.75) is 31.4 Å². The van der Waals surface area contributed by atoms with E-state index in [1.165, 1.54) is 6.42 Å². The second-order valence-electron chi connectivity index (χ2n) is 12.1. The van der Waals surface area contributed by atoms with Gasteiger partial charge in [-0.15, -0.1) is 0 Å². The van der Waals surface area contributed by atoms with Crippen LogP contribution in [0.3, 0.4) is 0 Å². The number of nitrogens with zero attached hydrogens (tertiary/aromatic N) is 1. The summed E-state index contributed by atoms with van der Waals surface area (Å²) >= 11 is 1.74. The number of aldehydes is 1. The lowest BCUT2D eigenvalue weighted by molar-refractivity contribution is -0.109. The highest BCUT2D eigenvalue weighted by molar-refractivity contribution is 7.98. The molecule has 302 valence electrons. The molecule has 0 spiro atoms. The summed E-state index contributed by atoms with van der Waals surface area (Å²) in [7, 11) is 0. The summed E-state index contributed by atoms with van der Waals surface area (Å²) in [5, 5.41) is 5.70. The fourth-order valence-corrected chi connectivity index (χ4v) is 6.05. The van der Waals surface area contributed by atoms with Crippen LogP contribution in [0.15, 0.2) is 42.5 Å². The van der Waals surface area contributed by atoms with Gasteiger partial charge in [-0.2, -0.15) is 11.8 Å². The largest absolute Gasteiger partial charge is 0.379 e. The van der Waals surface area contributed by atoms with Crippen LogP contribution in [-0.2, 0) is 53.2 Å². The second kappa shape index (κ2) is 31.1. The Kier molecular flexibility index (Phi) is 26.1. The zero-order valence-corrected chi connectivity index (χ0v) is 32.3. The molecule has 0 atom stereocenters. The number of benzene rings is 2. The average Bonchev–Trinajstić information content (AvgIpc) is 3.20. The van der Waals surface area contributed by atoms with Crippen molar-refractivity contribution in [3.05, 3.63) is 53.6 Å². The van der Waals surface area contributed by atoms with Gasteiger partial charge >= 0.3 is 0 Å². The van der Waals surface area contributed by atoms with Crippen LogP contribution in [0, 0.1) is 0 Å². The summed E-state index contributed by atoms with van der Waals surface area (Å²) in [5.41, 5.74) is 3.80. The highest BCUT2D eigenvalue weighted by Gasteiger charge is 2.15. The van der Waals surface area contributed by atoms with Crippen molar-refractivity contribution in [3.8, 4) is 0 Å². The summed E-state index contributed by atoms with van der Waals surface area (Å²) in [6.07, 6.45) is 5.42. The Bertz CT molecular complexity index is 1290. The number of hydrogen-bond donors (Lipinski definition) is 2. The lowest BCUT2D eigenvalue weighted by Gasteiger charge is -2.29. The Morgan fingerprint density at radius 3 is 1.70 bits per heavy atom. The van der Waals surface area contributed by atoms with Crippen LogP contribution in [0.25, 0.3) is 0 Å². The van der Waals surface area contributed by atoms with E-state index in [9.17, 15) is 14.4 Å². The summed E-state index contributed by atoms with van der Waals surface area (Å²) in [6.45, 7) is 9.89. The summed E-state index contributed by atoms with van der Waals surface area (Å²) in [5.74, 6) is 1.35. The normalized spacial score (nSPS) is 12.9. The standard InChI is InChI=1S/C39H59N3O11S/c43-12-5-13-46-14-15-47-16-17-48-18-19-49-20-21-50-22-23-51-24-25-52-26-27-53-28-29-54-32-34-6-4-7-35(30-34)39(45)41-37-9-8-36(31-38(37)40-33-44)42-10-2-1-3-11-42/h4,6-9,12,30-31,33H,1-3,5,10-11,13-29,32H2,(H,40,44)(H,41,45). The number of anilines is 3. The van der Waals surface area contributed by atoms with Crippen LogP contribution in [0.2, 0.25) is 0 Å². The van der Waals surface area contributed by atoms with E-state index in [1.807, 2.05) is 36.4 Å². The molecule has 1 heterocycles. The van der Waals surface area contributed by atoms with Crippen LogP contribution in [0.4, 0.5) is 17.1 Å². The van der Waals surface area contributed by atoms with Crippen molar-refractivity contribution in [2.75, 3.05) is 140 Å². The van der Waals surface area contributed by atoms with Gasteiger partial charge in [0, 0.05) is 42.3 Å². The number of ether oxygens (including phenoxy) is 8. The topological polar surface area (TPSA) is 152 Å². The first kappa shape index (κ1) is 45.3. The number of carbonyl (C=O) groups is 3. The molecule has 0 saturated carbocycles. The van der Waals surface area contributed by atoms with Crippen LogP contribution < -0.4 is 15.5 Å². The third-order valence-electron chi connectivity index (χ3n) is 8.00. The zero-order chi connectivity index (χ0) is 38.2. The van der Waals surface area contributed by atoms with Gasteiger partial charge in [0.15, 0.2) is 0 Å². The van der Waals surface area contributed by atoms with E-state index in [-0.39, 0.29) is 5.91 Å². The van der Waals surface area contributed by atoms with Gasteiger partial charge in [-0.1, -0.05) is 12.1 Å². The van der Waals surface area contributed by atoms with Crippen molar-refractivity contribution in [3.63, 3.8) is 0 Å². The van der Waals surface area contributed by atoms with E-state index in [4.69, 9.17) is 37.9 Å². The maximum absolute atomic E-state index is 13.1. The minimum atomic E-state index is -0.227. The van der Waals surface area contributed by atoms with Gasteiger partial charge in [0.25, 0.3) is 5.91 Å². The highest BCUT2D eigenvalue weighted by Crippen LogP contribution is 2.30. The van der Waals surface area contributed by atoms with Crippen LogP contribution in [0.5, 0.6) is 0 Å². The Balaban J connectivity index is 1.10. The molecule has 0 aromatic heterocycles. The SMILES string of the molecule is O=CCCOCCOCCOCCOCCOCCOCCOCCOCCSCc1cccc(C(=O)Nc2ccc(N3CCCCC3)cc2NC=O)c1. The molecular formula is C39H59N3O11S. The second-order valence-corrected chi connectivity index (χ2v) is 13.2. The minimum absolute atomic E-state index is 0.227. The number of amides is 2. The van der Waals surface area contributed by atoms with Gasteiger partial charge in [0.1, 0.15) is 6.29 Å². The van der Waals surface area contributed by atoms with E-state index >= 15 is 0 Å². The van der Waals surface area contributed by atoms with E-state index in [0.717, 1.165) is 55.0 Å². The molecular weight excluding hydrogens is 719 g/mol. The van der Waals surface area contributed by atoms with Gasteiger partial charge < -0.3 is 58.2 Å². The fourth-order valence-electron chi connectivity index (χ4n) is 5.25. The molecule has 2 N–H and O–H groups in total. The highest BCUT2D eigenvalue weighted by atomic mass is 32.2. The number of carbonyl (C=O) groups excluding carboxylic acids is 3. The van der Waals surface area contributed by atoms with E-state index < -0.39 is 0 Å². The Hall–Kier alpha value is -3.12. The lowest BCUT2D eigenvalue weighted by atomic mass is 10.1. The first-order valence-corrected chi connectivity index (χ1v) is 20.0. The minimum Gasteiger partial charge on any atom is -0.379 e. The zero-order valence-electron chi connectivity index (χ0n) is 31.5. The molecule has 0 bridgehead atoms. The summed E-state index contributed by atoms with van der Waals surface area (Å²) in [4.78, 5) is 36.9. The maximum Gasteiger partial charge on any atom is 0.255 e. The maximum atomic E-state index is 13.1. The third kappa shape index (κ3) is 21.1. The quantitative estimate of drug-likeness (QED) is 0.0761. The predicted octanol–water partition coefficient (Wildman–Crippen LogP) is 4.45. The molecule has 0 radical (unpaired) electrons. The molecule has 0 aliphatic carbocycles. The Morgan fingerprint density at radius 1 is 0.630 bits per heavy atom. The van der Waals surface area contributed by atoms with Crippen molar-refractivity contribution in [1.82, 2.24) is 0 Å². The predicted molar refractivity (Wildman–Crippen MR) is 210 cm³/mol. The number of hydrogen-bond acceptors (Lipinski definition) is 13. The van der Waals surface area contributed by atoms with Crippen molar-refractivity contribution < 1.29 is 52.3 Å². The van der Waals surface area contributed by atoms with Gasteiger partial charge in [-0.3, -0.25) is 9.59 Å². The number of rotatable bonds is 34. The van der Waals surface area contributed by atoms with Gasteiger partial charge in [-0.25, -0.2) is 0 Å². The molecule has 14 nitrogen and oxygen atoms in total. The summed E-state index contributed by atoms with van der Waals surface area (Å²) in [6, 6.07) is 13.3. The molecule has 15 heteroatoms. The number of nitrogens with one attached hydrogen (secondary N) is 2. The molecule has 2 aromatic carbocycles. The van der Waals surface area contributed by atoms with Crippen molar-refractivity contribution in [1.29, 1.82) is 0 Å². The van der Waals surface area contributed by atoms with Crippen LogP contribution in [-0.4, -0.2) is 143 Å². The molecule has 1 aliphatic heterocycles. The third-order valence-corrected chi connectivity index (χ3v) is 8.99. The number of thioether (sulfide) groups is 1. The molecule has 2 amide bonds. The fraction of sp³-hybridized carbons (Fsp3) is 0.615. The molecule has 1 saturated heterocycles. The van der Waals surface area contributed by atoms with Crippen LogP contribution >= 0.6 is 11.8 Å². The number of piperidine rings is 1. The smallest absolute Gasteiger partial charge is 0.255 e. The molecule has 54 heavy (non-hydrogen) atoms. The first-order chi connectivity index (χ1) is 26.7. The van der Waals surface area contributed by atoms with Gasteiger partial charge in [0.2, 0.25) is 6.41 Å². The average molecular weight is 778 g/mol. The molecule has 1 fully saturated rings. The first-order valence-electron chi connectivity index (χ1n) is 18.8. The molecule has 1 aliphatic rings. The molecule has 2 aromatic rings. The van der Waals surface area contributed by atoms with Crippen molar-refractivity contribution >= 4 is 47.4 Å². The van der Waals surface area contributed by atoms with Gasteiger partial charge in [0.05, 0.1) is 117 Å². The van der Waals surface area contributed by atoms with Crippen LogP contribution in [0.1, 0.15) is 41.6 Å². The monoisotopic (exact) mass is 777 g/mol. The molecule has 3 rings (SSSR count). The van der Waals surface area contributed by atoms with E-state index in [1.54, 1.807) is 17.8 Å². The Morgan fingerprint density at radius 2 is 1.17 bits per heavy atom. The molecule has 0 unspecified atom stereocenters. The summed E-state index contributed by atoms with van der Waals surface area (Å²) < 4.78 is 43.7.